The Morgan fingerprint density at radius 2 is 1.85 bits per heavy atom. The monoisotopic (exact) mass is 282 g/mol. The highest BCUT2D eigenvalue weighted by molar-refractivity contribution is 5.78. The summed E-state index contributed by atoms with van der Waals surface area (Å²) in [6, 6.07) is 0.892. The van der Waals surface area contributed by atoms with Gasteiger partial charge >= 0.3 is 5.97 Å². The molecular weight excluding hydrogens is 252 g/mol. The predicted octanol–water partition coefficient (Wildman–Crippen LogP) is 2.48. The molecule has 2 unspecified atom stereocenters. The molecule has 0 aromatic rings. The molecule has 2 aliphatic rings. The second-order valence-electron chi connectivity index (χ2n) is 6.86. The zero-order chi connectivity index (χ0) is 15.1. The van der Waals surface area contributed by atoms with E-state index >= 15 is 0 Å². The van der Waals surface area contributed by atoms with Gasteiger partial charge in [-0.25, -0.2) is 0 Å². The quantitative estimate of drug-likeness (QED) is 0.408. The predicted molar refractivity (Wildman–Crippen MR) is 80.4 cm³/mol. The summed E-state index contributed by atoms with van der Waals surface area (Å²) in [5.74, 6) is -0.0682. The second kappa shape index (κ2) is 5.30. The maximum absolute atomic E-state index is 12.2. The van der Waals surface area contributed by atoms with Crippen molar-refractivity contribution in [3.05, 3.63) is 0 Å². The number of esters is 1. The van der Waals surface area contributed by atoms with Crippen LogP contribution in [-0.4, -0.2) is 54.2 Å². The molecule has 116 valence electrons. The maximum atomic E-state index is 12.2. The first kappa shape index (κ1) is 15.8. The molecule has 2 saturated heterocycles. The van der Waals surface area contributed by atoms with E-state index in [1.54, 1.807) is 0 Å². The molecule has 0 aromatic carbocycles. The van der Waals surface area contributed by atoms with Crippen molar-refractivity contribution in [1.29, 1.82) is 0 Å². The zero-order valence-electron chi connectivity index (χ0n) is 13.9. The Hall–Kier alpha value is -0.610. The molecule has 0 bridgehead atoms. The molecule has 5 atom stereocenters. The van der Waals surface area contributed by atoms with Gasteiger partial charge in [-0.15, -0.1) is 0 Å². The largest absolute Gasteiger partial charge is 0.466 e. The lowest BCUT2D eigenvalue weighted by molar-refractivity contribution is -0.153. The van der Waals surface area contributed by atoms with Crippen molar-refractivity contribution < 1.29 is 9.53 Å². The Morgan fingerprint density at radius 3 is 2.40 bits per heavy atom. The maximum Gasteiger partial charge on any atom is 0.313 e. The van der Waals surface area contributed by atoms with Crippen LogP contribution in [-0.2, 0) is 9.53 Å². The Kier molecular flexibility index (Phi) is 4.18. The van der Waals surface area contributed by atoms with Gasteiger partial charge in [-0.05, 0) is 41.3 Å². The molecule has 0 radical (unpaired) electrons. The van der Waals surface area contributed by atoms with Gasteiger partial charge in [0.25, 0.3) is 0 Å². The number of carbonyl (C=O) groups excluding carboxylic acids is 1. The molecule has 1 spiro atoms. The summed E-state index contributed by atoms with van der Waals surface area (Å²) in [5, 5.41) is 0. The fourth-order valence-corrected chi connectivity index (χ4v) is 4.21. The molecule has 0 N–H and O–H groups in total. The van der Waals surface area contributed by atoms with Gasteiger partial charge in [0.1, 0.15) is 5.66 Å². The van der Waals surface area contributed by atoms with Crippen molar-refractivity contribution in [1.82, 2.24) is 9.80 Å². The van der Waals surface area contributed by atoms with E-state index in [1.165, 1.54) is 25.7 Å². The standard InChI is InChI=1S/C16H30N2O2/c1-7-9-10-11-12-16(17(12)5)13(18(16)6)15(3,4)14(19)20-8-2/h12-13H,7-11H2,1-6H3/t12-,13+,16-,17?,18?/m0/s1. The summed E-state index contributed by atoms with van der Waals surface area (Å²) < 4.78 is 5.26. The average molecular weight is 282 g/mol. The molecule has 4 heteroatoms. The van der Waals surface area contributed by atoms with E-state index in [4.69, 9.17) is 4.74 Å². The Labute approximate surface area is 123 Å². The number of carbonyl (C=O) groups is 1. The molecule has 0 aliphatic carbocycles. The van der Waals surface area contributed by atoms with Gasteiger partial charge in [-0.2, -0.15) is 0 Å². The van der Waals surface area contributed by atoms with Gasteiger partial charge in [0.15, 0.2) is 0 Å². The Bertz CT molecular complexity index is 383. The van der Waals surface area contributed by atoms with Gasteiger partial charge in [-0.1, -0.05) is 26.2 Å². The molecule has 2 aliphatic heterocycles. The third kappa shape index (κ3) is 2.08. The van der Waals surface area contributed by atoms with Crippen LogP contribution in [0.2, 0.25) is 0 Å². The van der Waals surface area contributed by atoms with Crippen molar-refractivity contribution in [3.63, 3.8) is 0 Å². The molecule has 20 heavy (non-hydrogen) atoms. The highest BCUT2D eigenvalue weighted by Crippen LogP contribution is 2.65. The summed E-state index contributed by atoms with van der Waals surface area (Å²) in [4.78, 5) is 17.0. The van der Waals surface area contributed by atoms with Gasteiger partial charge in [0, 0.05) is 6.04 Å². The second-order valence-corrected chi connectivity index (χ2v) is 6.86. The molecule has 0 amide bonds. The van der Waals surface area contributed by atoms with Crippen LogP contribution in [0.3, 0.4) is 0 Å². The minimum Gasteiger partial charge on any atom is -0.466 e. The fourth-order valence-electron chi connectivity index (χ4n) is 4.21. The normalized spacial score (nSPS) is 38.9. The average Bonchev–Trinajstić information content (AvgIpc) is 3.18. The van der Waals surface area contributed by atoms with Crippen LogP contribution in [0.15, 0.2) is 0 Å². The van der Waals surface area contributed by atoms with Crippen LogP contribution in [0.4, 0.5) is 0 Å². The summed E-state index contributed by atoms with van der Waals surface area (Å²) in [5.41, 5.74) is -0.303. The van der Waals surface area contributed by atoms with E-state index in [9.17, 15) is 4.79 Å². The number of nitrogens with zero attached hydrogens (tertiary/aromatic N) is 2. The van der Waals surface area contributed by atoms with Crippen LogP contribution in [0, 0.1) is 5.41 Å². The van der Waals surface area contributed by atoms with E-state index in [2.05, 4.69) is 30.8 Å². The van der Waals surface area contributed by atoms with Crippen LogP contribution in [0.25, 0.3) is 0 Å². The number of unbranched alkanes of at least 4 members (excludes halogenated alkanes) is 2. The number of hydrogen-bond donors (Lipinski definition) is 0. The number of likely N-dealkylation sites (N-methyl/N-ethyl adjacent to an activating group) is 2. The lowest BCUT2D eigenvalue weighted by Gasteiger charge is -2.21. The first-order valence-electron chi connectivity index (χ1n) is 7.99. The summed E-state index contributed by atoms with van der Waals surface area (Å²) in [7, 11) is 4.33. The smallest absolute Gasteiger partial charge is 0.313 e. The lowest BCUT2D eigenvalue weighted by Crippen LogP contribution is -2.35. The fraction of sp³-hybridized carbons (Fsp3) is 0.938. The van der Waals surface area contributed by atoms with E-state index in [-0.39, 0.29) is 17.7 Å². The molecule has 2 heterocycles. The van der Waals surface area contributed by atoms with Gasteiger partial charge in [-0.3, -0.25) is 14.6 Å². The summed E-state index contributed by atoms with van der Waals surface area (Å²) >= 11 is 0. The lowest BCUT2D eigenvalue weighted by atomic mass is 9.86. The molecule has 4 nitrogen and oxygen atoms in total. The first-order valence-corrected chi connectivity index (χ1v) is 7.99. The Balaban J connectivity index is 2.01. The van der Waals surface area contributed by atoms with Crippen molar-refractivity contribution in [3.8, 4) is 0 Å². The van der Waals surface area contributed by atoms with Crippen LogP contribution in [0.1, 0.15) is 53.4 Å². The highest BCUT2D eigenvalue weighted by atomic mass is 16.5. The third-order valence-corrected chi connectivity index (χ3v) is 5.31. The van der Waals surface area contributed by atoms with Crippen LogP contribution >= 0.6 is 0 Å². The number of ether oxygens (including phenoxy) is 1. The zero-order valence-corrected chi connectivity index (χ0v) is 13.9. The SMILES string of the molecule is CCCCC[C@@H]1N(C)[C@@]12[C@@H](C(C)(C)C(=O)OCC)N2C. The van der Waals surface area contributed by atoms with E-state index in [0.717, 1.165) is 0 Å². The van der Waals surface area contributed by atoms with Crippen LogP contribution < -0.4 is 0 Å². The van der Waals surface area contributed by atoms with Gasteiger partial charge < -0.3 is 4.74 Å². The van der Waals surface area contributed by atoms with Crippen molar-refractivity contribution >= 4 is 5.97 Å². The topological polar surface area (TPSA) is 32.3 Å². The molecule has 0 aromatic heterocycles. The first-order chi connectivity index (χ1) is 9.36. The minimum atomic E-state index is -0.432. The van der Waals surface area contributed by atoms with Gasteiger partial charge in [0.2, 0.25) is 0 Å². The molecular formula is C16H30N2O2. The number of rotatable bonds is 7. The van der Waals surface area contributed by atoms with Gasteiger partial charge in [0.05, 0.1) is 18.1 Å². The van der Waals surface area contributed by atoms with Crippen LogP contribution in [0.5, 0.6) is 0 Å². The third-order valence-electron chi connectivity index (χ3n) is 5.31. The molecule has 2 rings (SSSR count). The Morgan fingerprint density at radius 1 is 1.20 bits per heavy atom. The molecule has 2 fully saturated rings. The van der Waals surface area contributed by atoms with E-state index in [1.807, 2.05) is 20.8 Å². The molecule has 0 saturated carbocycles. The van der Waals surface area contributed by atoms with Crippen molar-refractivity contribution in [2.24, 2.45) is 5.41 Å². The highest BCUT2D eigenvalue weighted by Gasteiger charge is 2.83. The summed E-state index contributed by atoms with van der Waals surface area (Å²) in [6.45, 7) is 8.62. The van der Waals surface area contributed by atoms with E-state index < -0.39 is 5.41 Å². The van der Waals surface area contributed by atoms with E-state index in [0.29, 0.717) is 12.6 Å². The minimum absolute atomic E-state index is 0.0682. The van der Waals surface area contributed by atoms with Crippen molar-refractivity contribution in [2.45, 2.75) is 71.1 Å². The summed E-state index contributed by atoms with van der Waals surface area (Å²) in [6.07, 6.45) is 5.09. The van der Waals surface area contributed by atoms with Crippen molar-refractivity contribution in [2.75, 3.05) is 20.7 Å². The number of hydrogen-bond acceptors (Lipinski definition) is 4.